The molecule has 0 saturated carbocycles. The topological polar surface area (TPSA) is 40.9 Å². The molecule has 0 unspecified atom stereocenters. The third-order valence-corrected chi connectivity index (χ3v) is 1.44. The van der Waals surface area contributed by atoms with Crippen LogP contribution >= 0.6 is 15.9 Å². The molecule has 0 atom stereocenters. The van der Waals surface area contributed by atoms with E-state index in [2.05, 4.69) is 15.9 Å². The van der Waals surface area contributed by atoms with Gasteiger partial charge in [0.05, 0.1) is 12.5 Å². The zero-order valence-electron chi connectivity index (χ0n) is 6.40. The number of rotatable bonds is 1. The van der Waals surface area contributed by atoms with Gasteiger partial charge in [-0.2, -0.15) is 5.26 Å². The van der Waals surface area contributed by atoms with E-state index in [1.54, 1.807) is 6.07 Å². The lowest BCUT2D eigenvalue weighted by atomic mass is 10.4. The Morgan fingerprint density at radius 1 is 1.42 bits per heavy atom. The van der Waals surface area contributed by atoms with Crippen LogP contribution in [0.2, 0.25) is 0 Å². The molecule has 2 nitrogen and oxygen atoms in total. The summed E-state index contributed by atoms with van der Waals surface area (Å²) in [5.41, 5.74) is 0. The fourth-order valence-electron chi connectivity index (χ4n) is 0.452. The van der Waals surface area contributed by atoms with Crippen molar-refractivity contribution in [2.45, 2.75) is 6.42 Å². The monoisotopic (exact) mass is 225 g/mol. The molecule has 62 valence electrons. The van der Waals surface area contributed by atoms with E-state index in [0.717, 1.165) is 4.47 Å². The highest BCUT2D eigenvalue weighted by Gasteiger charge is 1.74. The van der Waals surface area contributed by atoms with Gasteiger partial charge in [-0.25, -0.2) is 0 Å². The standard InChI is InChI=1S/C6H5Br.C3H3NO/c7-6-4-2-1-3-5-6;4-2-1-3-5/h1-5H;3H,1H2. The average molecular weight is 226 g/mol. The lowest BCUT2D eigenvalue weighted by Gasteiger charge is -1.80. The number of halogens is 1. The fraction of sp³-hybridized carbons (Fsp3) is 0.111. The van der Waals surface area contributed by atoms with E-state index < -0.39 is 0 Å². The molecule has 1 aromatic rings. The summed E-state index contributed by atoms with van der Waals surface area (Å²) in [6, 6.07) is 11.6. The number of benzene rings is 1. The first-order valence-electron chi connectivity index (χ1n) is 3.32. The number of carbonyl (C=O) groups is 1. The molecular weight excluding hydrogens is 218 g/mol. The summed E-state index contributed by atoms with van der Waals surface area (Å²) in [5, 5.41) is 7.58. The predicted octanol–water partition coefficient (Wildman–Crippen LogP) is 2.55. The van der Waals surface area contributed by atoms with Crippen molar-refractivity contribution in [2.24, 2.45) is 0 Å². The number of nitrogens with zero attached hydrogens (tertiary/aromatic N) is 1. The Bertz CT molecular complexity index is 253. The predicted molar refractivity (Wildman–Crippen MR) is 50.4 cm³/mol. The molecule has 0 aliphatic carbocycles. The first-order chi connectivity index (χ1) is 5.81. The maximum atomic E-state index is 9.18. The summed E-state index contributed by atoms with van der Waals surface area (Å²) in [5.74, 6) is 0. The Labute approximate surface area is 80.0 Å². The van der Waals surface area contributed by atoms with Gasteiger partial charge >= 0.3 is 0 Å². The van der Waals surface area contributed by atoms with Crippen molar-refractivity contribution in [3.05, 3.63) is 34.8 Å². The number of nitriles is 1. The molecule has 12 heavy (non-hydrogen) atoms. The molecule has 0 spiro atoms. The van der Waals surface area contributed by atoms with E-state index in [9.17, 15) is 4.79 Å². The van der Waals surface area contributed by atoms with E-state index in [0.29, 0.717) is 6.29 Å². The lowest BCUT2D eigenvalue weighted by molar-refractivity contribution is -0.107. The van der Waals surface area contributed by atoms with E-state index in [1.807, 2.05) is 30.3 Å². The van der Waals surface area contributed by atoms with Crippen molar-refractivity contribution in [2.75, 3.05) is 0 Å². The second kappa shape index (κ2) is 7.96. The molecule has 0 radical (unpaired) electrons. The molecule has 0 bridgehead atoms. The third-order valence-electron chi connectivity index (χ3n) is 0.908. The summed E-state index contributed by atoms with van der Waals surface area (Å²) >= 11 is 3.31. The van der Waals surface area contributed by atoms with Crippen LogP contribution < -0.4 is 0 Å². The van der Waals surface area contributed by atoms with E-state index in [-0.39, 0.29) is 6.42 Å². The molecule has 0 saturated heterocycles. The summed E-state index contributed by atoms with van der Waals surface area (Å²) in [4.78, 5) is 9.18. The van der Waals surface area contributed by atoms with Crippen LogP contribution in [0.15, 0.2) is 34.8 Å². The van der Waals surface area contributed by atoms with Crippen LogP contribution in [0, 0.1) is 11.3 Å². The van der Waals surface area contributed by atoms with Crippen LogP contribution in [-0.2, 0) is 4.79 Å². The number of carbonyl (C=O) groups excluding carboxylic acids is 1. The minimum Gasteiger partial charge on any atom is -0.302 e. The molecular formula is C9H8BrNO. The van der Waals surface area contributed by atoms with E-state index in [1.165, 1.54) is 0 Å². The highest BCUT2D eigenvalue weighted by molar-refractivity contribution is 9.10. The van der Waals surface area contributed by atoms with Crippen LogP contribution in [0.1, 0.15) is 6.42 Å². The van der Waals surface area contributed by atoms with Gasteiger partial charge in [-0.15, -0.1) is 0 Å². The highest BCUT2D eigenvalue weighted by Crippen LogP contribution is 2.05. The normalized spacial score (nSPS) is 7.33. The van der Waals surface area contributed by atoms with Gasteiger partial charge in [0.25, 0.3) is 0 Å². The van der Waals surface area contributed by atoms with Crippen molar-refractivity contribution in [3.8, 4) is 6.07 Å². The van der Waals surface area contributed by atoms with E-state index in [4.69, 9.17) is 5.26 Å². The first-order valence-corrected chi connectivity index (χ1v) is 4.11. The summed E-state index contributed by atoms with van der Waals surface area (Å²) < 4.78 is 1.13. The fourth-order valence-corrected chi connectivity index (χ4v) is 0.757. The number of hydrogen-bond acceptors (Lipinski definition) is 2. The minimum absolute atomic E-state index is 0.0139. The molecule has 0 aromatic heterocycles. The van der Waals surface area contributed by atoms with Crippen LogP contribution in [0.5, 0.6) is 0 Å². The molecule has 0 heterocycles. The minimum atomic E-state index is 0.0139. The van der Waals surface area contributed by atoms with Gasteiger partial charge in [0.2, 0.25) is 0 Å². The Balaban J connectivity index is 0.000000217. The summed E-state index contributed by atoms with van der Waals surface area (Å²) in [6.07, 6.45) is 0.583. The van der Waals surface area contributed by atoms with Crippen LogP contribution in [0.3, 0.4) is 0 Å². The number of aldehydes is 1. The van der Waals surface area contributed by atoms with Crippen molar-refractivity contribution < 1.29 is 4.79 Å². The molecule has 0 fully saturated rings. The zero-order valence-corrected chi connectivity index (χ0v) is 7.99. The van der Waals surface area contributed by atoms with Crippen molar-refractivity contribution >= 4 is 22.2 Å². The van der Waals surface area contributed by atoms with Gasteiger partial charge < -0.3 is 4.79 Å². The summed E-state index contributed by atoms with van der Waals surface area (Å²) in [6.45, 7) is 0. The van der Waals surface area contributed by atoms with Crippen molar-refractivity contribution in [3.63, 3.8) is 0 Å². The number of hydrogen-bond donors (Lipinski definition) is 0. The van der Waals surface area contributed by atoms with Crippen molar-refractivity contribution in [1.29, 1.82) is 5.26 Å². The SMILES string of the molecule is Brc1ccccc1.N#CCC=O. The molecule has 3 heteroatoms. The van der Waals surface area contributed by atoms with Gasteiger partial charge in [0, 0.05) is 4.47 Å². The maximum Gasteiger partial charge on any atom is 0.134 e. The smallest absolute Gasteiger partial charge is 0.134 e. The highest BCUT2D eigenvalue weighted by atomic mass is 79.9. The van der Waals surface area contributed by atoms with Crippen LogP contribution in [-0.4, -0.2) is 6.29 Å². The Kier molecular flexibility index (Phi) is 7.21. The zero-order chi connectivity index (χ0) is 9.23. The molecule has 0 aliphatic heterocycles. The maximum absolute atomic E-state index is 9.18. The Hall–Kier alpha value is -1.14. The second-order valence-electron chi connectivity index (χ2n) is 1.82. The van der Waals surface area contributed by atoms with E-state index >= 15 is 0 Å². The lowest BCUT2D eigenvalue weighted by Crippen LogP contribution is -1.60. The quantitative estimate of drug-likeness (QED) is 0.690. The van der Waals surface area contributed by atoms with Gasteiger partial charge in [-0.1, -0.05) is 34.1 Å². The van der Waals surface area contributed by atoms with Gasteiger partial charge in [-0.3, -0.25) is 0 Å². The largest absolute Gasteiger partial charge is 0.302 e. The Morgan fingerprint density at radius 3 is 2.17 bits per heavy atom. The van der Waals surface area contributed by atoms with Crippen LogP contribution in [0.4, 0.5) is 0 Å². The Morgan fingerprint density at radius 2 is 2.00 bits per heavy atom. The van der Waals surface area contributed by atoms with Gasteiger partial charge in [0.15, 0.2) is 0 Å². The molecule has 0 aliphatic rings. The molecule has 0 N–H and O–H groups in total. The first kappa shape index (κ1) is 10.9. The second-order valence-corrected chi connectivity index (χ2v) is 2.74. The molecule has 1 aromatic carbocycles. The van der Waals surface area contributed by atoms with Gasteiger partial charge in [-0.05, 0) is 12.1 Å². The van der Waals surface area contributed by atoms with Gasteiger partial charge in [0.1, 0.15) is 6.29 Å². The third kappa shape index (κ3) is 6.97. The summed E-state index contributed by atoms with van der Waals surface area (Å²) in [7, 11) is 0. The average Bonchev–Trinajstić information content (AvgIpc) is 2.08. The van der Waals surface area contributed by atoms with Crippen molar-refractivity contribution in [1.82, 2.24) is 0 Å². The molecule has 0 amide bonds. The molecule has 1 rings (SSSR count). The van der Waals surface area contributed by atoms with Crippen LogP contribution in [0.25, 0.3) is 0 Å².